The van der Waals surface area contributed by atoms with Crippen molar-refractivity contribution in [1.82, 2.24) is 0 Å². The fourth-order valence-corrected chi connectivity index (χ4v) is 1.28. The maximum absolute atomic E-state index is 11.3. The fraction of sp³-hybridized carbons (Fsp3) is 0.222. The number of ketones is 1. The summed E-state index contributed by atoms with van der Waals surface area (Å²) in [6.45, 7) is 0. The number of carbonyl (C=O) groups excluding carboxylic acids is 1. The van der Waals surface area contributed by atoms with Crippen LogP contribution in [0.1, 0.15) is 10.4 Å². The summed E-state index contributed by atoms with van der Waals surface area (Å²) in [5, 5.41) is 9.36. The number of carbonyl (C=O) groups is 1. The minimum atomic E-state index is -0.0724. The number of alkyl halides is 1. The van der Waals surface area contributed by atoms with E-state index in [0.717, 1.165) is 0 Å². The van der Waals surface area contributed by atoms with E-state index >= 15 is 0 Å². The molecule has 0 aliphatic rings. The molecule has 3 nitrogen and oxygen atoms in total. The van der Waals surface area contributed by atoms with Crippen molar-refractivity contribution < 1.29 is 14.6 Å². The highest BCUT2D eigenvalue weighted by atomic mass is 79.9. The van der Waals surface area contributed by atoms with Gasteiger partial charge in [-0.2, -0.15) is 0 Å². The number of hydrogen-bond donors (Lipinski definition) is 1. The van der Waals surface area contributed by atoms with E-state index in [1.807, 2.05) is 0 Å². The van der Waals surface area contributed by atoms with Crippen molar-refractivity contribution in [3.63, 3.8) is 0 Å². The van der Waals surface area contributed by atoms with Gasteiger partial charge in [0.1, 0.15) is 11.5 Å². The number of rotatable bonds is 3. The third-order valence-electron chi connectivity index (χ3n) is 1.61. The molecule has 0 atom stereocenters. The van der Waals surface area contributed by atoms with Crippen LogP contribution < -0.4 is 4.74 Å². The molecule has 1 rings (SSSR count). The van der Waals surface area contributed by atoms with Crippen molar-refractivity contribution in [3.05, 3.63) is 23.8 Å². The molecule has 0 amide bonds. The third-order valence-corrected chi connectivity index (χ3v) is 2.12. The first-order valence-corrected chi connectivity index (χ1v) is 4.77. The molecule has 0 radical (unpaired) electrons. The zero-order valence-corrected chi connectivity index (χ0v) is 8.67. The number of benzene rings is 1. The van der Waals surface area contributed by atoms with Gasteiger partial charge in [0, 0.05) is 6.07 Å². The van der Waals surface area contributed by atoms with Crippen LogP contribution in [0.15, 0.2) is 18.2 Å². The van der Waals surface area contributed by atoms with Gasteiger partial charge >= 0.3 is 0 Å². The van der Waals surface area contributed by atoms with Gasteiger partial charge in [-0.3, -0.25) is 4.79 Å². The quantitative estimate of drug-likeness (QED) is 0.654. The summed E-state index contributed by atoms with van der Waals surface area (Å²) in [6.07, 6.45) is 0. The highest BCUT2D eigenvalue weighted by molar-refractivity contribution is 9.09. The molecule has 0 fully saturated rings. The Morgan fingerprint density at radius 3 is 2.85 bits per heavy atom. The van der Waals surface area contributed by atoms with Gasteiger partial charge in [-0.15, -0.1) is 0 Å². The van der Waals surface area contributed by atoms with E-state index in [1.54, 1.807) is 0 Å². The lowest BCUT2D eigenvalue weighted by Gasteiger charge is -2.05. The first-order chi connectivity index (χ1) is 6.19. The smallest absolute Gasteiger partial charge is 0.177 e. The van der Waals surface area contributed by atoms with E-state index in [2.05, 4.69) is 15.9 Å². The standard InChI is InChI=1S/C9H9BrO3/c1-13-9-4-6(11)2-3-7(9)8(12)5-10/h2-4,11H,5H2,1H3. The molecule has 70 valence electrons. The van der Waals surface area contributed by atoms with E-state index in [-0.39, 0.29) is 16.9 Å². The summed E-state index contributed by atoms with van der Waals surface area (Å²) in [6, 6.07) is 4.41. The average Bonchev–Trinajstić information content (AvgIpc) is 2.16. The van der Waals surface area contributed by atoms with Crippen molar-refractivity contribution in [2.45, 2.75) is 0 Å². The van der Waals surface area contributed by atoms with Crippen LogP contribution >= 0.6 is 15.9 Å². The topological polar surface area (TPSA) is 46.5 Å². The number of methoxy groups -OCH3 is 1. The second-order valence-electron chi connectivity index (χ2n) is 2.44. The van der Waals surface area contributed by atoms with Gasteiger partial charge in [0.2, 0.25) is 0 Å². The largest absolute Gasteiger partial charge is 0.508 e. The van der Waals surface area contributed by atoms with Crippen LogP contribution in [0.25, 0.3) is 0 Å². The van der Waals surface area contributed by atoms with Gasteiger partial charge in [0.05, 0.1) is 18.0 Å². The summed E-state index contributed by atoms with van der Waals surface area (Å²) in [5.74, 6) is 0.407. The third kappa shape index (κ3) is 2.21. The number of ether oxygens (including phenoxy) is 1. The Kier molecular flexibility index (Phi) is 3.31. The van der Waals surface area contributed by atoms with Crippen LogP contribution in [-0.2, 0) is 0 Å². The summed E-state index contributed by atoms with van der Waals surface area (Å²) >= 11 is 3.07. The Labute approximate surface area is 84.5 Å². The fourth-order valence-electron chi connectivity index (χ4n) is 0.982. The Morgan fingerprint density at radius 2 is 2.31 bits per heavy atom. The molecule has 0 aromatic heterocycles. The average molecular weight is 245 g/mol. The van der Waals surface area contributed by atoms with Gasteiger partial charge in [0.25, 0.3) is 0 Å². The lowest BCUT2D eigenvalue weighted by molar-refractivity contribution is 0.102. The summed E-state index contributed by atoms with van der Waals surface area (Å²) in [7, 11) is 1.46. The van der Waals surface area contributed by atoms with Gasteiger partial charge in [0.15, 0.2) is 5.78 Å². The van der Waals surface area contributed by atoms with Gasteiger partial charge < -0.3 is 9.84 Å². The number of hydrogen-bond acceptors (Lipinski definition) is 3. The predicted octanol–water partition coefficient (Wildman–Crippen LogP) is 1.98. The van der Waals surface area contributed by atoms with E-state index in [4.69, 9.17) is 9.84 Å². The Bertz CT molecular complexity index is 323. The van der Waals surface area contributed by atoms with E-state index in [9.17, 15) is 4.79 Å². The second kappa shape index (κ2) is 4.28. The zero-order valence-electron chi connectivity index (χ0n) is 7.08. The van der Waals surface area contributed by atoms with Crippen LogP contribution in [-0.4, -0.2) is 23.3 Å². The molecule has 1 aromatic rings. The van der Waals surface area contributed by atoms with Crippen molar-refractivity contribution >= 4 is 21.7 Å². The molecule has 0 saturated carbocycles. The highest BCUT2D eigenvalue weighted by Gasteiger charge is 2.10. The Hall–Kier alpha value is -1.03. The number of phenols is 1. The molecule has 4 heteroatoms. The minimum absolute atomic E-state index is 0.0724. The zero-order chi connectivity index (χ0) is 9.84. The molecule has 1 aromatic carbocycles. The van der Waals surface area contributed by atoms with Crippen LogP contribution in [0.2, 0.25) is 0 Å². The molecule has 0 aliphatic heterocycles. The maximum Gasteiger partial charge on any atom is 0.177 e. The van der Waals surface area contributed by atoms with Gasteiger partial charge in [-0.1, -0.05) is 15.9 Å². The lowest BCUT2D eigenvalue weighted by Crippen LogP contribution is -2.02. The molecule has 0 bridgehead atoms. The summed E-state index contributed by atoms with van der Waals surface area (Å²) in [5.41, 5.74) is 0.470. The normalized spacial score (nSPS) is 9.69. The van der Waals surface area contributed by atoms with Crippen molar-refractivity contribution in [2.24, 2.45) is 0 Å². The molecular weight excluding hydrogens is 236 g/mol. The first-order valence-electron chi connectivity index (χ1n) is 3.65. The van der Waals surface area contributed by atoms with Crippen LogP contribution in [0.4, 0.5) is 0 Å². The Morgan fingerprint density at radius 1 is 1.62 bits per heavy atom. The molecule has 0 aliphatic carbocycles. The number of aromatic hydroxyl groups is 1. The van der Waals surface area contributed by atoms with E-state index in [0.29, 0.717) is 11.3 Å². The van der Waals surface area contributed by atoms with Crippen molar-refractivity contribution in [3.8, 4) is 11.5 Å². The van der Waals surface area contributed by atoms with Crippen LogP contribution in [0.5, 0.6) is 11.5 Å². The highest BCUT2D eigenvalue weighted by Crippen LogP contribution is 2.24. The minimum Gasteiger partial charge on any atom is -0.508 e. The van der Waals surface area contributed by atoms with Crippen LogP contribution in [0.3, 0.4) is 0 Å². The van der Waals surface area contributed by atoms with Crippen LogP contribution in [0, 0.1) is 0 Å². The predicted molar refractivity (Wildman–Crippen MR) is 52.8 cm³/mol. The van der Waals surface area contributed by atoms with E-state index in [1.165, 1.54) is 25.3 Å². The molecule has 0 saturated heterocycles. The Balaban J connectivity index is 3.13. The number of phenolic OH excluding ortho intramolecular Hbond substituents is 1. The molecule has 0 heterocycles. The van der Waals surface area contributed by atoms with Gasteiger partial charge in [-0.25, -0.2) is 0 Å². The molecule has 0 unspecified atom stereocenters. The lowest BCUT2D eigenvalue weighted by atomic mass is 10.1. The summed E-state index contributed by atoms with van der Waals surface area (Å²) < 4.78 is 4.95. The SMILES string of the molecule is COc1cc(O)ccc1C(=O)CBr. The molecule has 0 spiro atoms. The van der Waals surface area contributed by atoms with Crippen molar-refractivity contribution in [2.75, 3.05) is 12.4 Å². The van der Waals surface area contributed by atoms with Crippen molar-refractivity contribution in [1.29, 1.82) is 0 Å². The molecule has 13 heavy (non-hydrogen) atoms. The first kappa shape index (κ1) is 10.1. The number of halogens is 1. The molecular formula is C9H9BrO3. The molecule has 1 N–H and O–H groups in total. The monoisotopic (exact) mass is 244 g/mol. The summed E-state index contributed by atoms with van der Waals surface area (Å²) in [4.78, 5) is 11.3. The van der Waals surface area contributed by atoms with E-state index < -0.39 is 0 Å². The number of Topliss-reactive ketones (excluding diaryl/α,β-unsaturated/α-hetero) is 1. The van der Waals surface area contributed by atoms with Gasteiger partial charge in [-0.05, 0) is 12.1 Å². The second-order valence-corrected chi connectivity index (χ2v) is 3.00. The maximum atomic E-state index is 11.3.